The van der Waals surface area contributed by atoms with Crippen LogP contribution < -0.4 is 11.5 Å². The van der Waals surface area contributed by atoms with Crippen LogP contribution in [-0.2, 0) is 13.1 Å². The van der Waals surface area contributed by atoms with E-state index < -0.39 is 0 Å². The number of rotatable bonds is 6. The fourth-order valence-electron chi connectivity index (χ4n) is 5.99. The van der Waals surface area contributed by atoms with E-state index in [1.54, 1.807) is 0 Å². The van der Waals surface area contributed by atoms with Crippen molar-refractivity contribution in [2.45, 2.75) is 13.1 Å². The van der Waals surface area contributed by atoms with E-state index in [4.69, 9.17) is 11.5 Å². The summed E-state index contributed by atoms with van der Waals surface area (Å²) in [6.07, 6.45) is 0. The summed E-state index contributed by atoms with van der Waals surface area (Å²) in [4.78, 5) is 3.88. The van der Waals surface area contributed by atoms with E-state index in [0.29, 0.717) is 13.1 Å². The molecule has 0 aliphatic rings. The third-order valence-corrected chi connectivity index (χ3v) is 8.05. The first kappa shape index (κ1) is 25.0. The number of nitrogens with two attached hydrogens (primary N) is 2. The van der Waals surface area contributed by atoms with Crippen molar-refractivity contribution in [3.8, 4) is 44.5 Å². The number of fused-ring (bicyclic) bond motifs is 3. The molecule has 0 atom stereocenters. The summed E-state index contributed by atoms with van der Waals surface area (Å²) in [6, 6.07) is 47.6. The van der Waals surface area contributed by atoms with E-state index in [9.17, 15) is 0 Å². The normalized spacial score (nSPS) is 11.4. The second-order valence-corrected chi connectivity index (χ2v) is 10.5. The largest absolute Gasteiger partial charge is 0.354 e. The first-order chi connectivity index (χ1) is 20.2. The standard InChI is InChI=1S/C38H31N3/c39-23-25-14-18-29(19-15-25)32-22-33(28-10-5-2-6-11-28)37-36-31(27-8-3-1-4-9-27)12-7-13-34(36)41-38(37)35(32)30-20-16-26(24-40)17-21-30/h1-22,41H,23-24,39-40H2. The maximum absolute atomic E-state index is 5.97. The van der Waals surface area contributed by atoms with Gasteiger partial charge in [-0.2, -0.15) is 0 Å². The van der Waals surface area contributed by atoms with E-state index in [-0.39, 0.29) is 0 Å². The van der Waals surface area contributed by atoms with Gasteiger partial charge >= 0.3 is 0 Å². The maximum atomic E-state index is 5.97. The molecule has 0 aliphatic carbocycles. The zero-order valence-corrected chi connectivity index (χ0v) is 22.8. The lowest BCUT2D eigenvalue weighted by Crippen LogP contribution is -1.97. The van der Waals surface area contributed by atoms with E-state index in [1.807, 2.05) is 0 Å². The molecule has 3 nitrogen and oxygen atoms in total. The zero-order valence-electron chi connectivity index (χ0n) is 22.8. The molecule has 7 rings (SSSR count). The molecule has 0 spiro atoms. The van der Waals surface area contributed by atoms with Gasteiger partial charge in [0.2, 0.25) is 0 Å². The Kier molecular flexibility index (Phi) is 6.44. The summed E-state index contributed by atoms with van der Waals surface area (Å²) in [5.74, 6) is 0. The Bertz CT molecular complexity index is 1970. The van der Waals surface area contributed by atoms with Crippen molar-refractivity contribution in [1.82, 2.24) is 4.98 Å². The highest BCUT2D eigenvalue weighted by Crippen LogP contribution is 2.47. The topological polar surface area (TPSA) is 67.8 Å². The van der Waals surface area contributed by atoms with Crippen LogP contribution in [0.1, 0.15) is 11.1 Å². The van der Waals surface area contributed by atoms with Crippen LogP contribution in [0.4, 0.5) is 0 Å². The lowest BCUT2D eigenvalue weighted by atomic mass is 9.86. The Hall–Kier alpha value is -4.96. The summed E-state index contributed by atoms with van der Waals surface area (Å²) in [6.45, 7) is 1.04. The van der Waals surface area contributed by atoms with Crippen LogP contribution in [0.5, 0.6) is 0 Å². The monoisotopic (exact) mass is 529 g/mol. The smallest absolute Gasteiger partial charge is 0.0557 e. The number of aromatic amines is 1. The molecule has 1 heterocycles. The van der Waals surface area contributed by atoms with Crippen LogP contribution in [0.25, 0.3) is 66.3 Å². The summed E-state index contributed by atoms with van der Waals surface area (Å²) in [5.41, 5.74) is 25.9. The molecular formula is C38H31N3. The Labute approximate surface area is 240 Å². The van der Waals surface area contributed by atoms with Crippen LogP contribution in [-0.4, -0.2) is 4.98 Å². The number of hydrogen-bond donors (Lipinski definition) is 3. The Morgan fingerprint density at radius 3 is 1.56 bits per heavy atom. The summed E-state index contributed by atoms with van der Waals surface area (Å²) in [7, 11) is 0. The first-order valence-electron chi connectivity index (χ1n) is 14.1. The van der Waals surface area contributed by atoms with Gasteiger partial charge in [0, 0.05) is 34.9 Å². The number of benzene rings is 6. The molecule has 0 fully saturated rings. The molecule has 0 bridgehead atoms. The predicted molar refractivity (Wildman–Crippen MR) is 173 cm³/mol. The third kappa shape index (κ3) is 4.42. The highest BCUT2D eigenvalue weighted by molar-refractivity contribution is 6.24. The molecule has 7 aromatic rings. The second-order valence-electron chi connectivity index (χ2n) is 10.5. The van der Waals surface area contributed by atoms with Crippen molar-refractivity contribution in [3.05, 3.63) is 145 Å². The van der Waals surface area contributed by atoms with Crippen LogP contribution in [0.15, 0.2) is 133 Å². The molecule has 0 amide bonds. The molecule has 1 aromatic heterocycles. The Balaban J connectivity index is 1.65. The molecule has 0 saturated heterocycles. The van der Waals surface area contributed by atoms with Gasteiger partial charge in [-0.15, -0.1) is 0 Å². The summed E-state index contributed by atoms with van der Waals surface area (Å²) < 4.78 is 0. The van der Waals surface area contributed by atoms with Gasteiger partial charge in [-0.1, -0.05) is 121 Å². The predicted octanol–water partition coefficient (Wildman–Crippen LogP) is 8.91. The van der Waals surface area contributed by atoms with Crippen LogP contribution >= 0.6 is 0 Å². The highest BCUT2D eigenvalue weighted by Gasteiger charge is 2.22. The number of H-pyrrole nitrogens is 1. The van der Waals surface area contributed by atoms with Gasteiger partial charge in [0.05, 0.1) is 5.52 Å². The van der Waals surface area contributed by atoms with Crippen molar-refractivity contribution in [3.63, 3.8) is 0 Å². The van der Waals surface area contributed by atoms with Crippen LogP contribution in [0.2, 0.25) is 0 Å². The van der Waals surface area contributed by atoms with Crippen LogP contribution in [0, 0.1) is 0 Å². The zero-order chi connectivity index (χ0) is 27.8. The van der Waals surface area contributed by atoms with Crippen molar-refractivity contribution in [2.24, 2.45) is 11.5 Å². The van der Waals surface area contributed by atoms with Gasteiger partial charge in [0.15, 0.2) is 0 Å². The molecule has 41 heavy (non-hydrogen) atoms. The van der Waals surface area contributed by atoms with Crippen molar-refractivity contribution in [2.75, 3.05) is 0 Å². The van der Waals surface area contributed by atoms with Gasteiger partial charge in [-0.05, 0) is 62.2 Å². The average molecular weight is 530 g/mol. The van der Waals surface area contributed by atoms with Crippen molar-refractivity contribution >= 4 is 21.8 Å². The fourth-order valence-corrected chi connectivity index (χ4v) is 5.99. The SMILES string of the molecule is NCc1ccc(-c2cc(-c3ccccc3)c3c([nH]c4cccc(-c5ccccc5)c43)c2-c2ccc(CN)cc2)cc1. The van der Waals surface area contributed by atoms with Crippen molar-refractivity contribution < 1.29 is 0 Å². The van der Waals surface area contributed by atoms with Crippen molar-refractivity contribution in [1.29, 1.82) is 0 Å². The first-order valence-corrected chi connectivity index (χ1v) is 14.1. The third-order valence-electron chi connectivity index (χ3n) is 8.05. The lowest BCUT2D eigenvalue weighted by Gasteiger charge is -2.17. The highest BCUT2D eigenvalue weighted by atomic mass is 14.7. The maximum Gasteiger partial charge on any atom is 0.0557 e. The van der Waals surface area contributed by atoms with E-state index in [0.717, 1.165) is 33.3 Å². The Morgan fingerprint density at radius 2 is 0.976 bits per heavy atom. The molecule has 6 aromatic carbocycles. The van der Waals surface area contributed by atoms with Gasteiger partial charge < -0.3 is 16.5 Å². The quantitative estimate of drug-likeness (QED) is 0.201. The number of hydrogen-bond acceptors (Lipinski definition) is 2. The molecular weight excluding hydrogens is 498 g/mol. The molecule has 198 valence electrons. The van der Waals surface area contributed by atoms with E-state index in [2.05, 4.69) is 138 Å². The summed E-state index contributed by atoms with van der Waals surface area (Å²) in [5, 5.41) is 2.46. The van der Waals surface area contributed by atoms with Crippen LogP contribution in [0.3, 0.4) is 0 Å². The average Bonchev–Trinajstić information content (AvgIpc) is 3.45. The van der Waals surface area contributed by atoms with Gasteiger partial charge in [0.25, 0.3) is 0 Å². The Morgan fingerprint density at radius 1 is 0.439 bits per heavy atom. The molecule has 0 unspecified atom stereocenters. The minimum Gasteiger partial charge on any atom is -0.354 e. The minimum absolute atomic E-state index is 0.517. The lowest BCUT2D eigenvalue weighted by molar-refractivity contribution is 1.07. The molecule has 3 heteroatoms. The number of nitrogens with one attached hydrogen (secondary N) is 1. The summed E-state index contributed by atoms with van der Waals surface area (Å²) >= 11 is 0. The molecule has 0 saturated carbocycles. The number of aromatic nitrogens is 1. The molecule has 0 radical (unpaired) electrons. The van der Waals surface area contributed by atoms with E-state index in [1.165, 1.54) is 44.2 Å². The van der Waals surface area contributed by atoms with Gasteiger partial charge in [0.1, 0.15) is 0 Å². The van der Waals surface area contributed by atoms with E-state index >= 15 is 0 Å². The molecule has 0 aliphatic heterocycles. The van der Waals surface area contributed by atoms with Gasteiger partial charge in [-0.3, -0.25) is 0 Å². The minimum atomic E-state index is 0.517. The fraction of sp³-hybridized carbons (Fsp3) is 0.0526. The second kappa shape index (κ2) is 10.5. The molecule has 5 N–H and O–H groups in total. The van der Waals surface area contributed by atoms with Gasteiger partial charge in [-0.25, -0.2) is 0 Å².